The maximum Gasteiger partial charge on any atom is 0.364 e. The Hall–Kier alpha value is -1.39. The number of aromatic amines is 1. The molecule has 0 bridgehead atoms. The molecule has 0 unspecified atom stereocenters. The van der Waals surface area contributed by atoms with E-state index in [4.69, 9.17) is 0 Å². The minimum Gasteiger partial charge on any atom is -0.244 e. The van der Waals surface area contributed by atoms with Crippen molar-refractivity contribution in [2.45, 2.75) is 47.0 Å². The molecule has 0 fully saturated rings. The van der Waals surface area contributed by atoms with Gasteiger partial charge in [0.25, 0.3) is 0 Å². The van der Waals surface area contributed by atoms with Gasteiger partial charge in [-0.05, 0) is 19.3 Å². The van der Waals surface area contributed by atoms with Crippen molar-refractivity contribution in [2.75, 3.05) is 0 Å². The average molecular weight is 224 g/mol. The molecule has 0 atom stereocenters. The number of nitrogens with one attached hydrogen (secondary N) is 1. The molecule has 5 heteroatoms. The minimum absolute atomic E-state index is 0.176. The number of H-pyrrole nitrogens is 1. The Morgan fingerprint density at radius 2 is 2.06 bits per heavy atom. The summed E-state index contributed by atoms with van der Waals surface area (Å²) in [5.74, 6) is 1.39. The average Bonchev–Trinajstić information content (AvgIpc) is 2.46. The second-order valence-electron chi connectivity index (χ2n) is 4.79. The Morgan fingerprint density at radius 1 is 1.44 bits per heavy atom. The molecular formula is C11H20N4O. The summed E-state index contributed by atoms with van der Waals surface area (Å²) in [6.45, 7) is 10.2. The SMILES string of the molecule is C/C(CC(C)C)=N\n1c(C(C)C)n[nH]c1=O. The Bertz CT molecular complexity index is 425. The third-order valence-electron chi connectivity index (χ3n) is 2.17. The lowest BCUT2D eigenvalue weighted by molar-refractivity contribution is 0.657. The molecule has 0 radical (unpaired) electrons. The lowest BCUT2D eigenvalue weighted by Gasteiger charge is -2.06. The summed E-state index contributed by atoms with van der Waals surface area (Å²) < 4.78 is 1.36. The zero-order chi connectivity index (χ0) is 12.3. The molecule has 0 saturated heterocycles. The van der Waals surface area contributed by atoms with Crippen LogP contribution in [0.2, 0.25) is 0 Å². The van der Waals surface area contributed by atoms with Crippen LogP contribution in [0, 0.1) is 5.92 Å². The van der Waals surface area contributed by atoms with Gasteiger partial charge in [-0.3, -0.25) is 0 Å². The molecular weight excluding hydrogens is 204 g/mol. The molecule has 1 heterocycles. The lowest BCUT2D eigenvalue weighted by atomic mass is 10.1. The predicted molar refractivity (Wildman–Crippen MR) is 64.9 cm³/mol. The van der Waals surface area contributed by atoms with Crippen LogP contribution < -0.4 is 5.69 Å². The first-order valence-electron chi connectivity index (χ1n) is 5.63. The van der Waals surface area contributed by atoms with E-state index in [1.807, 2.05) is 20.8 Å². The van der Waals surface area contributed by atoms with Gasteiger partial charge in [-0.15, -0.1) is 0 Å². The van der Waals surface area contributed by atoms with Gasteiger partial charge in [-0.2, -0.15) is 14.9 Å². The van der Waals surface area contributed by atoms with Gasteiger partial charge >= 0.3 is 5.69 Å². The molecule has 0 aliphatic carbocycles. The summed E-state index contributed by atoms with van der Waals surface area (Å²) in [6.07, 6.45) is 0.884. The summed E-state index contributed by atoms with van der Waals surface area (Å²) >= 11 is 0. The summed E-state index contributed by atoms with van der Waals surface area (Å²) in [7, 11) is 0. The molecule has 0 aromatic carbocycles. The first-order chi connectivity index (χ1) is 7.41. The van der Waals surface area contributed by atoms with Crippen molar-refractivity contribution in [3.8, 4) is 0 Å². The largest absolute Gasteiger partial charge is 0.364 e. The van der Waals surface area contributed by atoms with E-state index < -0.39 is 0 Å². The fourth-order valence-corrected chi connectivity index (χ4v) is 1.58. The monoisotopic (exact) mass is 224 g/mol. The summed E-state index contributed by atoms with van der Waals surface area (Å²) in [5.41, 5.74) is 0.673. The van der Waals surface area contributed by atoms with E-state index in [-0.39, 0.29) is 11.6 Å². The van der Waals surface area contributed by atoms with Crippen LogP contribution in [-0.4, -0.2) is 20.6 Å². The summed E-state index contributed by atoms with van der Waals surface area (Å²) in [4.78, 5) is 11.5. The van der Waals surface area contributed by atoms with Crippen LogP contribution in [0.25, 0.3) is 0 Å². The van der Waals surface area contributed by atoms with Crippen molar-refractivity contribution in [3.63, 3.8) is 0 Å². The molecule has 0 aliphatic rings. The Morgan fingerprint density at radius 3 is 2.56 bits per heavy atom. The molecule has 1 rings (SSSR count). The highest BCUT2D eigenvalue weighted by atomic mass is 16.2. The van der Waals surface area contributed by atoms with Crippen LogP contribution in [0.3, 0.4) is 0 Å². The molecule has 0 amide bonds. The van der Waals surface area contributed by atoms with E-state index in [2.05, 4.69) is 29.1 Å². The Balaban J connectivity index is 3.04. The van der Waals surface area contributed by atoms with Gasteiger partial charge < -0.3 is 0 Å². The van der Waals surface area contributed by atoms with Gasteiger partial charge in [0, 0.05) is 11.6 Å². The summed E-state index contributed by atoms with van der Waals surface area (Å²) in [6, 6.07) is 0. The van der Waals surface area contributed by atoms with Gasteiger partial charge in [0.15, 0.2) is 5.82 Å². The molecule has 90 valence electrons. The smallest absolute Gasteiger partial charge is 0.244 e. The van der Waals surface area contributed by atoms with Crippen molar-refractivity contribution in [2.24, 2.45) is 11.0 Å². The number of hydrogen-bond donors (Lipinski definition) is 1. The van der Waals surface area contributed by atoms with Crippen molar-refractivity contribution >= 4 is 5.71 Å². The number of aromatic nitrogens is 3. The summed E-state index contributed by atoms with van der Waals surface area (Å²) in [5, 5.41) is 10.7. The van der Waals surface area contributed by atoms with Crippen LogP contribution in [0.5, 0.6) is 0 Å². The molecule has 1 aromatic heterocycles. The van der Waals surface area contributed by atoms with Gasteiger partial charge in [0.2, 0.25) is 0 Å². The van der Waals surface area contributed by atoms with Crippen molar-refractivity contribution < 1.29 is 0 Å². The van der Waals surface area contributed by atoms with Gasteiger partial charge in [0.05, 0.1) is 0 Å². The van der Waals surface area contributed by atoms with Crippen molar-refractivity contribution in [1.82, 2.24) is 14.9 Å². The van der Waals surface area contributed by atoms with E-state index in [0.29, 0.717) is 11.7 Å². The topological polar surface area (TPSA) is 63.0 Å². The number of rotatable bonds is 4. The van der Waals surface area contributed by atoms with E-state index in [0.717, 1.165) is 12.1 Å². The third-order valence-corrected chi connectivity index (χ3v) is 2.17. The molecule has 0 aliphatic heterocycles. The maximum atomic E-state index is 11.5. The number of nitrogens with zero attached hydrogens (tertiary/aromatic N) is 3. The highest BCUT2D eigenvalue weighted by Crippen LogP contribution is 2.09. The molecule has 0 saturated carbocycles. The van der Waals surface area contributed by atoms with Crippen LogP contribution in [0.15, 0.2) is 9.90 Å². The standard InChI is InChI=1S/C11H20N4O/c1-7(2)6-9(5)14-15-10(8(3)4)12-13-11(15)16/h7-8H,6H2,1-5H3,(H,13,16)/b14-9+. The highest BCUT2D eigenvalue weighted by molar-refractivity contribution is 5.81. The third kappa shape index (κ3) is 3.05. The zero-order valence-electron chi connectivity index (χ0n) is 10.6. The fourth-order valence-electron chi connectivity index (χ4n) is 1.58. The second-order valence-corrected chi connectivity index (χ2v) is 4.79. The van der Waals surface area contributed by atoms with E-state index in [1.165, 1.54) is 4.68 Å². The zero-order valence-corrected chi connectivity index (χ0v) is 10.6. The lowest BCUT2D eigenvalue weighted by Crippen LogP contribution is -2.17. The maximum absolute atomic E-state index is 11.5. The van der Waals surface area contributed by atoms with Crippen molar-refractivity contribution in [3.05, 3.63) is 16.3 Å². The van der Waals surface area contributed by atoms with Crippen LogP contribution >= 0.6 is 0 Å². The molecule has 1 N–H and O–H groups in total. The van der Waals surface area contributed by atoms with Gasteiger partial charge in [-0.25, -0.2) is 9.89 Å². The van der Waals surface area contributed by atoms with E-state index >= 15 is 0 Å². The van der Waals surface area contributed by atoms with Crippen LogP contribution in [0.4, 0.5) is 0 Å². The first kappa shape index (κ1) is 12.7. The van der Waals surface area contributed by atoms with E-state index in [1.54, 1.807) is 0 Å². The second kappa shape index (κ2) is 5.09. The van der Waals surface area contributed by atoms with Gasteiger partial charge in [-0.1, -0.05) is 27.7 Å². The van der Waals surface area contributed by atoms with Crippen LogP contribution in [-0.2, 0) is 0 Å². The molecule has 5 nitrogen and oxygen atoms in total. The number of hydrogen-bond acceptors (Lipinski definition) is 3. The fraction of sp³-hybridized carbons (Fsp3) is 0.727. The molecule has 0 spiro atoms. The normalized spacial score (nSPS) is 12.8. The van der Waals surface area contributed by atoms with E-state index in [9.17, 15) is 4.79 Å². The molecule has 16 heavy (non-hydrogen) atoms. The quantitative estimate of drug-likeness (QED) is 0.795. The predicted octanol–water partition coefficient (Wildman–Crippen LogP) is 1.96. The molecule has 1 aromatic rings. The van der Waals surface area contributed by atoms with Crippen LogP contribution in [0.1, 0.15) is 52.8 Å². The van der Waals surface area contributed by atoms with Crippen molar-refractivity contribution in [1.29, 1.82) is 0 Å². The Kier molecular flexibility index (Phi) is 4.04. The first-order valence-corrected chi connectivity index (χ1v) is 5.63. The van der Waals surface area contributed by atoms with Gasteiger partial charge in [0.1, 0.15) is 0 Å². The highest BCUT2D eigenvalue weighted by Gasteiger charge is 2.11. The Labute approximate surface area is 95.6 Å². The minimum atomic E-state index is -0.271.